The molecule has 0 aromatic rings. The number of allylic oxidation sites excluding steroid dienone is 23. The molecule has 19 heteroatoms. The van der Waals surface area contributed by atoms with Gasteiger partial charge in [0.15, 0.2) is 18.9 Å². The van der Waals surface area contributed by atoms with Crippen molar-refractivity contribution in [1.82, 2.24) is 5.32 Å². The van der Waals surface area contributed by atoms with E-state index in [2.05, 4.69) is 140 Å². The molecule has 1 amide bonds. The molecular weight excluding hydrogens is 1210 g/mol. The van der Waals surface area contributed by atoms with Gasteiger partial charge in [0.05, 0.1) is 38.6 Å². The van der Waals surface area contributed by atoms with Gasteiger partial charge in [-0.05, 0) is 110 Å². The van der Waals surface area contributed by atoms with Crippen molar-refractivity contribution in [1.29, 1.82) is 0 Å². The molecule has 0 spiro atoms. The van der Waals surface area contributed by atoms with E-state index in [0.29, 0.717) is 12.8 Å². The zero-order chi connectivity index (χ0) is 68.9. The van der Waals surface area contributed by atoms with Gasteiger partial charge in [-0.3, -0.25) is 4.79 Å². The van der Waals surface area contributed by atoms with E-state index in [1.807, 2.05) is 13.0 Å². The number of carbonyl (C=O) groups excluding carboxylic acids is 1. The summed E-state index contributed by atoms with van der Waals surface area (Å²) in [6.45, 7) is 1.31. The van der Waals surface area contributed by atoms with E-state index < -0.39 is 124 Å². The molecular formula is C76H123NO18. The summed E-state index contributed by atoms with van der Waals surface area (Å²) in [5.41, 5.74) is 0. The highest BCUT2D eigenvalue weighted by atomic mass is 16.8. The summed E-state index contributed by atoms with van der Waals surface area (Å²) < 4.78 is 34.2. The van der Waals surface area contributed by atoms with Crippen molar-refractivity contribution in [2.45, 2.75) is 298 Å². The standard InChI is InChI=1S/C76H123NO18/c1-3-5-7-9-11-13-14-15-16-17-18-19-20-21-22-23-24-25-26-27-28-29-30-31-32-33-34-35-36-37-38-39-40-41-42-43-44-46-48-50-52-54-64(82)77-59(60(81)53-51-49-47-45-12-10-8-6-4-2)58-90-74-70(88)67(85)72(62(56-79)92-74)95-76-71(89)68(86)73(63(57-80)93-76)94-75-69(87)66(84)65(83)61(55-78)91-75/h4-7,11-13,15-16,18-19,21-22,24-25,27-28,30-31,33-34,45,51,53,59-63,65-76,78-81,83-89H,3,8-10,14,17,20,23,26,29,32,35-44,46-50,52,54-58H2,1-2H3,(H,77,82)/b6-4+,7-5-,13-11-,16-15-,19-18-,22-21-,25-24-,28-27-,31-30-,34-33-,45-12+,53-51+. The molecule has 12 N–H and O–H groups in total. The number of hydrogen-bond donors (Lipinski definition) is 12. The van der Waals surface area contributed by atoms with E-state index in [-0.39, 0.29) is 18.9 Å². The van der Waals surface area contributed by atoms with Crippen molar-refractivity contribution >= 4 is 5.91 Å². The highest BCUT2D eigenvalue weighted by molar-refractivity contribution is 5.76. The molecule has 19 nitrogen and oxygen atoms in total. The van der Waals surface area contributed by atoms with Crippen molar-refractivity contribution in [2.24, 2.45) is 0 Å². The third-order valence-electron chi connectivity index (χ3n) is 16.7. The molecule has 17 atom stereocenters. The average Bonchev–Trinajstić information content (AvgIpc) is 0.795. The van der Waals surface area contributed by atoms with E-state index in [0.717, 1.165) is 109 Å². The maximum absolute atomic E-state index is 13.3. The quantitative estimate of drug-likeness (QED) is 0.0199. The lowest BCUT2D eigenvalue weighted by Crippen LogP contribution is -2.66. The van der Waals surface area contributed by atoms with E-state index in [1.54, 1.807) is 12.2 Å². The minimum absolute atomic E-state index is 0.221. The molecule has 3 aliphatic rings. The topological polar surface area (TPSA) is 307 Å². The van der Waals surface area contributed by atoms with Crippen LogP contribution in [0.2, 0.25) is 0 Å². The van der Waals surface area contributed by atoms with Crippen LogP contribution in [0.4, 0.5) is 0 Å². The number of amides is 1. The fourth-order valence-electron chi connectivity index (χ4n) is 11.0. The molecule has 0 radical (unpaired) electrons. The first-order valence-electron chi connectivity index (χ1n) is 35.6. The molecule has 0 aromatic heterocycles. The van der Waals surface area contributed by atoms with Gasteiger partial charge in [0.1, 0.15) is 73.2 Å². The summed E-state index contributed by atoms with van der Waals surface area (Å²) in [6, 6.07) is -1.00. The van der Waals surface area contributed by atoms with Gasteiger partial charge < -0.3 is 89.9 Å². The number of hydrogen-bond acceptors (Lipinski definition) is 18. The third-order valence-corrected chi connectivity index (χ3v) is 16.7. The molecule has 0 aliphatic carbocycles. The SMILES string of the molecule is C/C=C/CC/C=C/CC/C=C/C(O)C(COC1OC(CO)C(OC2OC(CO)C(OC3OC(CO)C(O)C(O)C3O)C(O)C2O)C(O)C1O)NC(=O)CCCCCCCCCCCCCCC/C=C\C/C=C\C/C=C\C/C=C\C/C=C\C/C=C\C/C=C\C/C=C\C/C=C\CC. The van der Waals surface area contributed by atoms with Gasteiger partial charge in [0.2, 0.25) is 5.91 Å². The van der Waals surface area contributed by atoms with E-state index in [1.165, 1.54) is 51.4 Å². The molecule has 3 rings (SSSR count). The van der Waals surface area contributed by atoms with E-state index in [9.17, 15) is 61.0 Å². The Morgan fingerprint density at radius 3 is 1.18 bits per heavy atom. The molecule has 3 saturated heterocycles. The van der Waals surface area contributed by atoms with Crippen LogP contribution in [0.15, 0.2) is 146 Å². The average molecular weight is 1340 g/mol. The number of nitrogens with one attached hydrogen (secondary N) is 1. The highest BCUT2D eigenvalue weighted by Gasteiger charge is 2.53. The van der Waals surface area contributed by atoms with E-state index >= 15 is 0 Å². The fraction of sp³-hybridized carbons (Fsp3) is 0.671. The van der Waals surface area contributed by atoms with Crippen LogP contribution >= 0.6 is 0 Å². The smallest absolute Gasteiger partial charge is 0.220 e. The zero-order valence-electron chi connectivity index (χ0n) is 57.1. The highest BCUT2D eigenvalue weighted by Crippen LogP contribution is 2.33. The molecule has 17 unspecified atom stereocenters. The van der Waals surface area contributed by atoms with Crippen LogP contribution in [0.5, 0.6) is 0 Å². The zero-order valence-corrected chi connectivity index (χ0v) is 57.1. The first-order valence-corrected chi connectivity index (χ1v) is 35.6. The van der Waals surface area contributed by atoms with Gasteiger partial charge in [0, 0.05) is 6.42 Å². The largest absolute Gasteiger partial charge is 0.394 e. The summed E-state index contributed by atoms with van der Waals surface area (Å²) in [4.78, 5) is 13.3. The van der Waals surface area contributed by atoms with Crippen molar-refractivity contribution in [3.8, 4) is 0 Å². The molecule has 540 valence electrons. The first kappa shape index (κ1) is 84.9. The third kappa shape index (κ3) is 36.9. The van der Waals surface area contributed by atoms with Gasteiger partial charge in [-0.1, -0.05) is 223 Å². The Balaban J connectivity index is 1.29. The van der Waals surface area contributed by atoms with Gasteiger partial charge in [-0.15, -0.1) is 0 Å². The second-order valence-corrected chi connectivity index (χ2v) is 24.6. The second kappa shape index (κ2) is 55.5. The van der Waals surface area contributed by atoms with Crippen molar-refractivity contribution < 1.29 is 89.4 Å². The molecule has 95 heavy (non-hydrogen) atoms. The minimum Gasteiger partial charge on any atom is -0.394 e. The Labute approximate surface area is 568 Å². The second-order valence-electron chi connectivity index (χ2n) is 24.6. The minimum atomic E-state index is -1.99. The molecule has 0 saturated carbocycles. The van der Waals surface area contributed by atoms with E-state index in [4.69, 9.17) is 28.4 Å². The van der Waals surface area contributed by atoms with Gasteiger partial charge in [0.25, 0.3) is 0 Å². The van der Waals surface area contributed by atoms with Crippen LogP contribution in [-0.2, 0) is 33.2 Å². The van der Waals surface area contributed by atoms with Crippen LogP contribution in [0.3, 0.4) is 0 Å². The molecule has 0 bridgehead atoms. The Morgan fingerprint density at radius 1 is 0.400 bits per heavy atom. The number of ether oxygens (including phenoxy) is 6. The first-order chi connectivity index (χ1) is 46.3. The monoisotopic (exact) mass is 1340 g/mol. The van der Waals surface area contributed by atoms with Gasteiger partial charge in [-0.25, -0.2) is 0 Å². The summed E-state index contributed by atoms with van der Waals surface area (Å²) >= 11 is 0. The number of aliphatic hydroxyl groups excluding tert-OH is 11. The normalized spacial score (nSPS) is 28.1. The lowest BCUT2D eigenvalue weighted by atomic mass is 9.96. The van der Waals surface area contributed by atoms with Crippen LogP contribution < -0.4 is 5.32 Å². The lowest BCUT2D eigenvalue weighted by Gasteiger charge is -2.48. The molecule has 3 heterocycles. The number of unbranched alkanes of at least 4 members (excludes halogenated alkanes) is 15. The van der Waals surface area contributed by atoms with Gasteiger partial charge in [-0.2, -0.15) is 0 Å². The van der Waals surface area contributed by atoms with Crippen LogP contribution in [0.1, 0.15) is 194 Å². The van der Waals surface area contributed by atoms with Crippen molar-refractivity contribution in [3.05, 3.63) is 146 Å². The van der Waals surface area contributed by atoms with Crippen LogP contribution in [-0.4, -0.2) is 193 Å². The summed E-state index contributed by atoms with van der Waals surface area (Å²) in [5.74, 6) is -0.301. The van der Waals surface area contributed by atoms with Crippen molar-refractivity contribution in [3.63, 3.8) is 0 Å². The predicted molar refractivity (Wildman–Crippen MR) is 373 cm³/mol. The Morgan fingerprint density at radius 2 is 0.747 bits per heavy atom. The predicted octanol–water partition coefficient (Wildman–Crippen LogP) is 9.93. The Hall–Kier alpha value is -4.33. The lowest BCUT2D eigenvalue weighted by molar-refractivity contribution is -0.379. The number of rotatable bonds is 52. The summed E-state index contributed by atoms with van der Waals surface area (Å²) in [6.07, 6.45) is 53.2. The molecule has 0 aromatic carbocycles. The van der Waals surface area contributed by atoms with Gasteiger partial charge >= 0.3 is 0 Å². The summed E-state index contributed by atoms with van der Waals surface area (Å²) in [5, 5.41) is 120. The van der Waals surface area contributed by atoms with Crippen molar-refractivity contribution in [2.75, 3.05) is 26.4 Å². The van der Waals surface area contributed by atoms with Crippen LogP contribution in [0, 0.1) is 0 Å². The summed E-state index contributed by atoms with van der Waals surface area (Å²) in [7, 11) is 0. The Bertz CT molecular complexity index is 2290. The maximum Gasteiger partial charge on any atom is 0.220 e. The van der Waals surface area contributed by atoms with Crippen LogP contribution in [0.25, 0.3) is 0 Å². The Kier molecular flexibility index (Phi) is 49.6. The molecule has 3 aliphatic heterocycles. The fourth-order valence-corrected chi connectivity index (χ4v) is 11.0. The molecule has 3 fully saturated rings. The number of aliphatic hydroxyl groups is 11. The maximum atomic E-state index is 13.3. The number of carbonyl (C=O) groups is 1.